The molecule has 0 bridgehead atoms. The zero-order valence-electron chi connectivity index (χ0n) is 6.51. The van der Waals surface area contributed by atoms with Crippen LogP contribution in [0.25, 0.3) is 0 Å². The van der Waals surface area contributed by atoms with E-state index in [1.54, 1.807) is 31.5 Å². The van der Waals surface area contributed by atoms with Gasteiger partial charge in [0.25, 0.3) is 0 Å². The molecule has 0 atom stereocenters. The van der Waals surface area contributed by atoms with Gasteiger partial charge in [-0.25, -0.2) is 0 Å². The largest absolute Gasteiger partial charge is 0.313 e. The van der Waals surface area contributed by atoms with Gasteiger partial charge in [0.15, 0.2) is 0 Å². The fourth-order valence-corrected chi connectivity index (χ4v) is 1.26. The van der Waals surface area contributed by atoms with Crippen molar-refractivity contribution in [2.45, 2.75) is 0 Å². The quantitative estimate of drug-likeness (QED) is 0.579. The maximum absolute atomic E-state index is 5.86. The van der Waals surface area contributed by atoms with Crippen LogP contribution in [0.1, 0.15) is 5.56 Å². The number of hydrogen-bond acceptors (Lipinski definition) is 2. The smallest absolute Gasteiger partial charge is 0.0570 e. The average Bonchev–Trinajstić information content (AvgIpc) is 2.04. The summed E-state index contributed by atoms with van der Waals surface area (Å²) in [4.78, 5) is 0. The summed E-state index contributed by atoms with van der Waals surface area (Å²) in [5, 5.41) is 5.02. The van der Waals surface area contributed by atoms with Crippen molar-refractivity contribution in [1.29, 1.82) is 0 Å². The second kappa shape index (κ2) is 4.33. The normalized spacial score (nSPS) is 10.6. The summed E-state index contributed by atoms with van der Waals surface area (Å²) in [6.45, 7) is 0. The highest BCUT2D eigenvalue weighted by atomic mass is 35.5. The van der Waals surface area contributed by atoms with E-state index in [0.717, 1.165) is 5.56 Å². The lowest BCUT2D eigenvalue weighted by Gasteiger charge is -1.99. The maximum Gasteiger partial charge on any atom is 0.0570 e. The van der Waals surface area contributed by atoms with Crippen LogP contribution < -0.4 is 5.43 Å². The van der Waals surface area contributed by atoms with Gasteiger partial charge in [0, 0.05) is 12.6 Å². The first kappa shape index (κ1) is 9.36. The molecule has 0 radical (unpaired) electrons. The number of benzene rings is 1. The van der Waals surface area contributed by atoms with E-state index in [4.69, 9.17) is 23.2 Å². The Kier molecular flexibility index (Phi) is 3.38. The molecule has 2 nitrogen and oxygen atoms in total. The van der Waals surface area contributed by atoms with E-state index in [-0.39, 0.29) is 0 Å². The van der Waals surface area contributed by atoms with Crippen molar-refractivity contribution in [3.05, 3.63) is 33.8 Å². The molecule has 0 heterocycles. The fourth-order valence-electron chi connectivity index (χ4n) is 0.763. The highest BCUT2D eigenvalue weighted by Gasteiger charge is 2.00. The summed E-state index contributed by atoms with van der Waals surface area (Å²) in [5.74, 6) is 0. The lowest BCUT2D eigenvalue weighted by atomic mass is 10.2. The summed E-state index contributed by atoms with van der Waals surface area (Å²) in [6.07, 6.45) is 1.59. The van der Waals surface area contributed by atoms with Crippen LogP contribution >= 0.6 is 23.2 Å². The lowest BCUT2D eigenvalue weighted by Crippen LogP contribution is -1.95. The van der Waals surface area contributed by atoms with E-state index < -0.39 is 0 Å². The molecule has 1 N–H and O–H groups in total. The Hall–Kier alpha value is -0.730. The second-order valence-corrected chi connectivity index (χ2v) is 2.93. The Balaban J connectivity index is 3.04. The molecule has 1 rings (SSSR count). The zero-order valence-corrected chi connectivity index (χ0v) is 8.02. The average molecular weight is 203 g/mol. The van der Waals surface area contributed by atoms with Gasteiger partial charge in [-0.1, -0.05) is 29.3 Å². The number of halogens is 2. The van der Waals surface area contributed by atoms with Gasteiger partial charge in [0.1, 0.15) is 0 Å². The summed E-state index contributed by atoms with van der Waals surface area (Å²) in [5.41, 5.74) is 3.35. The molecule has 0 fully saturated rings. The topological polar surface area (TPSA) is 24.4 Å². The minimum absolute atomic E-state index is 0.599. The molecule has 0 spiro atoms. The number of hydrogen-bond donors (Lipinski definition) is 1. The fraction of sp³-hybridized carbons (Fsp3) is 0.125. The highest BCUT2D eigenvalue weighted by Crippen LogP contribution is 2.21. The number of rotatable bonds is 2. The molecule has 1 aromatic carbocycles. The van der Waals surface area contributed by atoms with Crippen LogP contribution in [-0.2, 0) is 0 Å². The van der Waals surface area contributed by atoms with E-state index in [1.165, 1.54) is 0 Å². The molecule has 12 heavy (non-hydrogen) atoms. The Morgan fingerprint density at radius 3 is 2.42 bits per heavy atom. The summed E-state index contributed by atoms with van der Waals surface area (Å²) < 4.78 is 0. The Morgan fingerprint density at radius 1 is 1.33 bits per heavy atom. The van der Waals surface area contributed by atoms with Gasteiger partial charge >= 0.3 is 0 Å². The van der Waals surface area contributed by atoms with Crippen LogP contribution in [-0.4, -0.2) is 13.3 Å². The molecule has 0 amide bonds. The zero-order chi connectivity index (χ0) is 8.97. The van der Waals surface area contributed by atoms with Crippen molar-refractivity contribution >= 4 is 29.4 Å². The minimum atomic E-state index is 0.599. The van der Waals surface area contributed by atoms with Gasteiger partial charge in [-0.2, -0.15) is 5.10 Å². The molecule has 0 saturated heterocycles. The summed E-state index contributed by atoms with van der Waals surface area (Å²) in [7, 11) is 1.71. The van der Waals surface area contributed by atoms with Crippen molar-refractivity contribution in [2.75, 3.05) is 7.05 Å². The molecule has 0 aliphatic rings. The molecule has 0 aliphatic carbocycles. The molecule has 0 unspecified atom stereocenters. The standard InChI is InChI=1S/C8H8Cl2N2/c1-11-12-5-6-7(9)3-2-4-8(6)10/h2-5,11H,1H3/b12-5+. The van der Waals surface area contributed by atoms with Gasteiger partial charge in [0.2, 0.25) is 0 Å². The Bertz CT molecular complexity index is 277. The first-order valence-corrected chi connectivity index (χ1v) is 4.15. The van der Waals surface area contributed by atoms with Crippen molar-refractivity contribution in [3.8, 4) is 0 Å². The van der Waals surface area contributed by atoms with Crippen LogP contribution in [0.3, 0.4) is 0 Å². The third-order valence-electron chi connectivity index (χ3n) is 1.32. The monoisotopic (exact) mass is 202 g/mol. The van der Waals surface area contributed by atoms with Crippen LogP contribution in [0.2, 0.25) is 10.0 Å². The van der Waals surface area contributed by atoms with E-state index in [0.29, 0.717) is 10.0 Å². The number of nitrogens with zero attached hydrogens (tertiary/aromatic N) is 1. The van der Waals surface area contributed by atoms with Gasteiger partial charge < -0.3 is 5.43 Å². The highest BCUT2D eigenvalue weighted by molar-refractivity contribution is 6.38. The molecule has 0 aromatic heterocycles. The van der Waals surface area contributed by atoms with Gasteiger partial charge in [-0.3, -0.25) is 0 Å². The Morgan fingerprint density at radius 2 is 1.92 bits per heavy atom. The van der Waals surface area contributed by atoms with Crippen LogP contribution in [0.15, 0.2) is 23.3 Å². The number of nitrogens with one attached hydrogen (secondary N) is 1. The van der Waals surface area contributed by atoms with Crippen molar-refractivity contribution in [1.82, 2.24) is 5.43 Å². The third kappa shape index (κ3) is 2.13. The molecular formula is C8H8Cl2N2. The molecule has 64 valence electrons. The van der Waals surface area contributed by atoms with Crippen molar-refractivity contribution < 1.29 is 0 Å². The summed E-state index contributed by atoms with van der Waals surface area (Å²) in [6, 6.07) is 5.33. The van der Waals surface area contributed by atoms with Crippen LogP contribution in [0, 0.1) is 0 Å². The molecule has 0 saturated carbocycles. The predicted octanol–water partition coefficient (Wildman–Crippen LogP) is 2.55. The van der Waals surface area contributed by atoms with E-state index in [2.05, 4.69) is 10.5 Å². The molecular weight excluding hydrogens is 195 g/mol. The molecule has 4 heteroatoms. The SMILES string of the molecule is CN/N=C/c1c(Cl)cccc1Cl. The first-order valence-electron chi connectivity index (χ1n) is 3.39. The van der Waals surface area contributed by atoms with Crippen LogP contribution in [0.4, 0.5) is 0 Å². The predicted molar refractivity (Wildman–Crippen MR) is 53.1 cm³/mol. The Labute approximate surface area is 81.2 Å². The molecule has 0 aliphatic heterocycles. The maximum atomic E-state index is 5.86. The van der Waals surface area contributed by atoms with E-state index in [1.807, 2.05) is 0 Å². The van der Waals surface area contributed by atoms with E-state index in [9.17, 15) is 0 Å². The van der Waals surface area contributed by atoms with Gasteiger partial charge in [0.05, 0.1) is 16.3 Å². The van der Waals surface area contributed by atoms with Crippen molar-refractivity contribution in [2.24, 2.45) is 5.10 Å². The lowest BCUT2D eigenvalue weighted by molar-refractivity contribution is 0.908. The first-order chi connectivity index (χ1) is 5.75. The number of hydrazone groups is 1. The second-order valence-electron chi connectivity index (χ2n) is 2.12. The third-order valence-corrected chi connectivity index (χ3v) is 1.98. The van der Waals surface area contributed by atoms with Crippen LogP contribution in [0.5, 0.6) is 0 Å². The van der Waals surface area contributed by atoms with Crippen molar-refractivity contribution in [3.63, 3.8) is 0 Å². The minimum Gasteiger partial charge on any atom is -0.313 e. The summed E-state index contributed by atoms with van der Waals surface area (Å²) >= 11 is 11.7. The molecule has 1 aromatic rings. The van der Waals surface area contributed by atoms with E-state index >= 15 is 0 Å². The van der Waals surface area contributed by atoms with Gasteiger partial charge in [-0.15, -0.1) is 0 Å². The van der Waals surface area contributed by atoms with Gasteiger partial charge in [-0.05, 0) is 12.1 Å².